The van der Waals surface area contributed by atoms with Gasteiger partial charge in [0.15, 0.2) is 0 Å². The molecule has 1 aliphatic rings. The number of nitro groups is 1. The molecule has 8 nitrogen and oxygen atoms in total. The number of carbonyl (C=O) groups is 2. The van der Waals surface area contributed by atoms with E-state index in [1.807, 2.05) is 0 Å². The van der Waals surface area contributed by atoms with Crippen molar-refractivity contribution in [2.75, 3.05) is 11.9 Å². The van der Waals surface area contributed by atoms with Crippen LogP contribution in [0.5, 0.6) is 0 Å². The average Bonchev–Trinajstić information content (AvgIpc) is 3.27. The van der Waals surface area contributed by atoms with Gasteiger partial charge in [-0.2, -0.15) is 5.26 Å². The van der Waals surface area contributed by atoms with E-state index in [1.54, 1.807) is 17.0 Å². The summed E-state index contributed by atoms with van der Waals surface area (Å²) in [5.41, 5.74) is 1.30. The van der Waals surface area contributed by atoms with E-state index in [0.717, 1.165) is 15.1 Å². The minimum atomic E-state index is -0.476. The van der Waals surface area contributed by atoms with Gasteiger partial charge in [-0.05, 0) is 24.1 Å². The van der Waals surface area contributed by atoms with E-state index in [9.17, 15) is 25.0 Å². The largest absolute Gasteiger partial charge is 0.337 e. The number of hydrogen-bond acceptors (Lipinski definition) is 7. The van der Waals surface area contributed by atoms with Crippen LogP contribution in [0.3, 0.4) is 0 Å². The number of hydrogen-bond donors (Lipinski definition) is 1. The Balaban J connectivity index is 1.62. The topological polar surface area (TPSA) is 116 Å². The lowest BCUT2D eigenvalue weighted by molar-refractivity contribution is -0.384. The van der Waals surface area contributed by atoms with Gasteiger partial charge in [0.1, 0.15) is 11.1 Å². The number of benzene rings is 1. The minimum absolute atomic E-state index is 0.0208. The van der Waals surface area contributed by atoms with Crippen LogP contribution in [0.1, 0.15) is 32.6 Å². The molecular formula is C19H14N4O4S2. The molecule has 2 amide bonds. The van der Waals surface area contributed by atoms with Gasteiger partial charge in [-0.25, -0.2) is 0 Å². The number of thiophene rings is 2. The molecule has 0 atom stereocenters. The second kappa shape index (κ2) is 7.27. The van der Waals surface area contributed by atoms with Crippen molar-refractivity contribution < 1.29 is 14.5 Å². The number of nitrogens with one attached hydrogen (secondary N) is 1. The van der Waals surface area contributed by atoms with Gasteiger partial charge in [0.2, 0.25) is 5.91 Å². The summed E-state index contributed by atoms with van der Waals surface area (Å²) in [4.78, 5) is 37.9. The van der Waals surface area contributed by atoms with Crippen molar-refractivity contribution in [1.82, 2.24) is 4.90 Å². The average molecular weight is 426 g/mol. The second-order valence-electron chi connectivity index (χ2n) is 6.55. The lowest BCUT2D eigenvalue weighted by Crippen LogP contribution is -2.33. The Hall–Kier alpha value is -3.29. The summed E-state index contributed by atoms with van der Waals surface area (Å²) in [6.07, 6.45) is 0.580. The van der Waals surface area contributed by atoms with E-state index in [-0.39, 0.29) is 17.5 Å². The molecule has 3 heterocycles. The normalized spacial score (nSPS) is 13.0. The van der Waals surface area contributed by atoms with E-state index in [4.69, 9.17) is 0 Å². The minimum Gasteiger partial charge on any atom is -0.337 e. The van der Waals surface area contributed by atoms with Crippen molar-refractivity contribution in [3.05, 3.63) is 55.3 Å². The number of anilines is 1. The Morgan fingerprint density at radius 3 is 2.79 bits per heavy atom. The van der Waals surface area contributed by atoms with Gasteiger partial charge < -0.3 is 10.2 Å². The molecule has 4 rings (SSSR count). The second-order valence-corrected chi connectivity index (χ2v) is 8.74. The summed E-state index contributed by atoms with van der Waals surface area (Å²) in [6.45, 7) is 2.50. The zero-order valence-electron chi connectivity index (χ0n) is 15.2. The molecule has 2 aromatic heterocycles. The lowest BCUT2D eigenvalue weighted by atomic mass is 10.0. The van der Waals surface area contributed by atoms with Crippen LogP contribution in [0.2, 0.25) is 0 Å². The van der Waals surface area contributed by atoms with Crippen molar-refractivity contribution in [3.63, 3.8) is 0 Å². The van der Waals surface area contributed by atoms with Crippen LogP contribution in [0, 0.1) is 21.4 Å². The molecule has 0 aliphatic carbocycles. The number of nitrogens with zero attached hydrogens (tertiary/aromatic N) is 3. The third-order valence-electron chi connectivity index (χ3n) is 4.78. The molecule has 0 fully saturated rings. The first kappa shape index (κ1) is 19.0. The molecule has 0 saturated carbocycles. The van der Waals surface area contributed by atoms with Gasteiger partial charge in [-0.3, -0.25) is 19.7 Å². The molecular weight excluding hydrogens is 412 g/mol. The fraction of sp³-hybridized carbons (Fsp3) is 0.211. The lowest BCUT2D eigenvalue weighted by Gasteiger charge is -2.25. The predicted molar refractivity (Wildman–Crippen MR) is 110 cm³/mol. The van der Waals surface area contributed by atoms with Crippen LogP contribution >= 0.6 is 22.7 Å². The molecule has 1 N–H and O–H groups in total. The number of nitriles is 1. The summed E-state index contributed by atoms with van der Waals surface area (Å²) in [5.74, 6) is -0.389. The molecule has 1 aliphatic heterocycles. The maximum atomic E-state index is 12.8. The van der Waals surface area contributed by atoms with Gasteiger partial charge in [-0.15, -0.1) is 22.7 Å². The number of amides is 2. The van der Waals surface area contributed by atoms with Gasteiger partial charge in [0, 0.05) is 40.6 Å². The summed E-state index contributed by atoms with van der Waals surface area (Å²) in [5, 5.41) is 24.4. The third kappa shape index (κ3) is 3.46. The first-order valence-electron chi connectivity index (χ1n) is 8.67. The zero-order valence-corrected chi connectivity index (χ0v) is 16.9. The Labute approximate surface area is 173 Å². The van der Waals surface area contributed by atoms with Crippen LogP contribution in [-0.2, 0) is 17.8 Å². The van der Waals surface area contributed by atoms with Crippen LogP contribution in [0.4, 0.5) is 10.7 Å². The summed E-state index contributed by atoms with van der Waals surface area (Å²) < 4.78 is 0.767. The Bertz CT molecular complexity index is 1220. The van der Waals surface area contributed by atoms with Crippen molar-refractivity contribution in [3.8, 4) is 6.07 Å². The number of nitro benzene ring substituents is 1. The van der Waals surface area contributed by atoms with Crippen LogP contribution < -0.4 is 5.32 Å². The maximum Gasteiger partial charge on any atom is 0.270 e. The van der Waals surface area contributed by atoms with Gasteiger partial charge in [-0.1, -0.05) is 0 Å². The molecule has 3 aromatic rings. The fourth-order valence-electron chi connectivity index (χ4n) is 3.30. The first-order valence-corrected chi connectivity index (χ1v) is 10.3. The summed E-state index contributed by atoms with van der Waals surface area (Å²) >= 11 is 2.54. The van der Waals surface area contributed by atoms with Crippen molar-refractivity contribution >= 4 is 55.3 Å². The van der Waals surface area contributed by atoms with E-state index >= 15 is 0 Å². The van der Waals surface area contributed by atoms with E-state index in [0.29, 0.717) is 40.3 Å². The fourth-order valence-corrected chi connectivity index (χ4v) is 5.45. The highest BCUT2D eigenvalue weighted by Crippen LogP contribution is 2.37. The van der Waals surface area contributed by atoms with Gasteiger partial charge in [0.25, 0.3) is 11.6 Å². The number of carbonyl (C=O) groups excluding carboxylic acids is 2. The van der Waals surface area contributed by atoms with E-state index < -0.39 is 4.92 Å². The SMILES string of the molecule is CC(=O)N1CCc2c(sc(NC(=O)c3cc4cc([N+](=O)[O-])ccc4s3)c2C#N)C1. The van der Waals surface area contributed by atoms with Crippen molar-refractivity contribution in [2.45, 2.75) is 19.9 Å². The number of rotatable bonds is 3. The van der Waals surface area contributed by atoms with Crippen LogP contribution in [-0.4, -0.2) is 28.2 Å². The predicted octanol–water partition coefficient (Wildman–Crippen LogP) is 3.90. The monoisotopic (exact) mass is 426 g/mol. The summed E-state index contributed by atoms with van der Waals surface area (Å²) in [7, 11) is 0. The Morgan fingerprint density at radius 2 is 2.10 bits per heavy atom. The highest BCUT2D eigenvalue weighted by atomic mass is 32.1. The number of non-ortho nitro benzene ring substituents is 1. The zero-order chi connectivity index (χ0) is 20.7. The molecule has 0 spiro atoms. The molecule has 1 aromatic carbocycles. The van der Waals surface area contributed by atoms with Crippen LogP contribution in [0.25, 0.3) is 10.1 Å². The third-order valence-corrected chi connectivity index (χ3v) is 7.02. The summed E-state index contributed by atoms with van der Waals surface area (Å²) in [6, 6.07) is 8.24. The van der Waals surface area contributed by atoms with Gasteiger partial charge >= 0.3 is 0 Å². The van der Waals surface area contributed by atoms with Gasteiger partial charge in [0.05, 0.1) is 21.9 Å². The molecule has 10 heteroatoms. The molecule has 29 heavy (non-hydrogen) atoms. The van der Waals surface area contributed by atoms with Crippen molar-refractivity contribution in [1.29, 1.82) is 5.26 Å². The van der Waals surface area contributed by atoms with Crippen molar-refractivity contribution in [2.24, 2.45) is 0 Å². The molecule has 0 radical (unpaired) electrons. The first-order chi connectivity index (χ1) is 13.9. The van der Waals surface area contributed by atoms with E-state index in [1.165, 1.54) is 41.7 Å². The van der Waals surface area contributed by atoms with Crippen LogP contribution in [0.15, 0.2) is 24.3 Å². The standard InChI is InChI=1S/C19H14N4O4S2/c1-10(24)22-5-4-13-14(8-20)19(29-17(13)9-22)21-18(25)16-7-11-6-12(23(26)27)2-3-15(11)28-16/h2-3,6-7H,4-5,9H2,1H3,(H,21,25). The molecule has 0 saturated heterocycles. The molecule has 146 valence electrons. The highest BCUT2D eigenvalue weighted by molar-refractivity contribution is 7.21. The van der Waals surface area contributed by atoms with E-state index in [2.05, 4.69) is 11.4 Å². The molecule has 0 bridgehead atoms. The number of fused-ring (bicyclic) bond motifs is 2. The smallest absolute Gasteiger partial charge is 0.270 e. The highest BCUT2D eigenvalue weighted by Gasteiger charge is 2.26. The quantitative estimate of drug-likeness (QED) is 0.504. The molecule has 0 unspecified atom stereocenters. The Kier molecular flexibility index (Phi) is 4.77. The maximum absolute atomic E-state index is 12.8. The Morgan fingerprint density at radius 1 is 1.31 bits per heavy atom.